The van der Waals surface area contributed by atoms with E-state index in [4.69, 9.17) is 21.1 Å². The van der Waals surface area contributed by atoms with E-state index in [0.717, 1.165) is 6.07 Å². The minimum absolute atomic E-state index is 0.126. The van der Waals surface area contributed by atoms with Crippen molar-refractivity contribution >= 4 is 40.7 Å². The summed E-state index contributed by atoms with van der Waals surface area (Å²) in [7, 11) is 2.80. The molecule has 1 unspecified atom stereocenters. The Kier molecular flexibility index (Phi) is 5.61. The van der Waals surface area contributed by atoms with Crippen molar-refractivity contribution in [3.63, 3.8) is 0 Å². The molecule has 2 aromatic carbocycles. The van der Waals surface area contributed by atoms with Gasteiger partial charge in [-0.2, -0.15) is 0 Å². The minimum Gasteiger partial charge on any atom is -0.495 e. The molecule has 156 valence electrons. The number of hydrogen-bond donors (Lipinski definition) is 1. The number of rotatable bonds is 6. The highest BCUT2D eigenvalue weighted by atomic mass is 35.5. The van der Waals surface area contributed by atoms with Crippen molar-refractivity contribution in [2.45, 2.75) is 13.0 Å². The van der Waals surface area contributed by atoms with Crippen LogP contribution in [0.5, 0.6) is 11.5 Å². The van der Waals surface area contributed by atoms with Gasteiger partial charge < -0.3 is 14.8 Å². The van der Waals surface area contributed by atoms with E-state index in [2.05, 4.69) is 5.32 Å². The zero-order chi connectivity index (χ0) is 22.2. The summed E-state index contributed by atoms with van der Waals surface area (Å²) in [6.45, 7) is 1.33. The fourth-order valence-electron chi connectivity index (χ4n) is 3.10. The van der Waals surface area contributed by atoms with E-state index in [1.165, 1.54) is 45.4 Å². The minimum atomic E-state index is -1.26. The number of halogens is 1. The third-order valence-corrected chi connectivity index (χ3v) is 4.91. The molecule has 0 fully saturated rings. The van der Waals surface area contributed by atoms with Crippen LogP contribution in [0, 0.1) is 10.1 Å². The number of nitro benzene ring substituents is 1. The van der Waals surface area contributed by atoms with Gasteiger partial charge in [-0.3, -0.25) is 29.4 Å². The molecular formula is C19H16ClN3O7. The molecule has 0 aromatic heterocycles. The number of anilines is 1. The van der Waals surface area contributed by atoms with Crippen molar-refractivity contribution in [1.29, 1.82) is 0 Å². The number of carbonyl (C=O) groups is 3. The average molecular weight is 434 g/mol. The Labute approximate surface area is 175 Å². The lowest BCUT2D eigenvalue weighted by Crippen LogP contribution is -2.45. The molecular weight excluding hydrogens is 418 g/mol. The smallest absolute Gasteiger partial charge is 0.282 e. The number of hydrogen-bond acceptors (Lipinski definition) is 7. The number of methoxy groups -OCH3 is 2. The molecule has 3 rings (SSSR count). The molecule has 10 nitrogen and oxygen atoms in total. The van der Waals surface area contributed by atoms with E-state index in [9.17, 15) is 24.5 Å². The van der Waals surface area contributed by atoms with E-state index < -0.39 is 34.4 Å². The van der Waals surface area contributed by atoms with Crippen LogP contribution < -0.4 is 14.8 Å². The Morgan fingerprint density at radius 3 is 2.43 bits per heavy atom. The third kappa shape index (κ3) is 3.41. The van der Waals surface area contributed by atoms with Crippen LogP contribution >= 0.6 is 11.6 Å². The van der Waals surface area contributed by atoms with Crippen LogP contribution in [-0.4, -0.2) is 47.8 Å². The predicted octanol–water partition coefficient (Wildman–Crippen LogP) is 2.89. The number of imide groups is 1. The molecule has 0 saturated heterocycles. The van der Waals surface area contributed by atoms with Gasteiger partial charge in [0.05, 0.1) is 35.4 Å². The van der Waals surface area contributed by atoms with Crippen molar-refractivity contribution in [2.24, 2.45) is 0 Å². The van der Waals surface area contributed by atoms with Gasteiger partial charge in [-0.05, 0) is 19.1 Å². The molecule has 1 aliphatic rings. The largest absolute Gasteiger partial charge is 0.495 e. The van der Waals surface area contributed by atoms with Gasteiger partial charge >= 0.3 is 0 Å². The van der Waals surface area contributed by atoms with E-state index >= 15 is 0 Å². The molecule has 0 radical (unpaired) electrons. The Bertz CT molecular complexity index is 1090. The van der Waals surface area contributed by atoms with Crippen molar-refractivity contribution in [1.82, 2.24) is 4.90 Å². The van der Waals surface area contributed by atoms with Crippen molar-refractivity contribution in [3.8, 4) is 11.5 Å². The molecule has 0 spiro atoms. The van der Waals surface area contributed by atoms with Gasteiger partial charge in [0.2, 0.25) is 5.91 Å². The number of nitro groups is 1. The molecule has 0 saturated carbocycles. The Hall–Kier alpha value is -3.66. The zero-order valence-corrected chi connectivity index (χ0v) is 16.9. The fraction of sp³-hybridized carbons (Fsp3) is 0.211. The summed E-state index contributed by atoms with van der Waals surface area (Å²) >= 11 is 6.09. The zero-order valence-electron chi connectivity index (χ0n) is 16.1. The predicted molar refractivity (Wildman–Crippen MR) is 106 cm³/mol. The number of carbonyl (C=O) groups excluding carboxylic acids is 3. The SMILES string of the molecule is COc1cc(OC)c(NC(=O)C(C)N2C(=O)c3cccc([N+](=O)[O-])c3C2=O)cc1Cl. The maximum absolute atomic E-state index is 12.8. The molecule has 0 aliphatic carbocycles. The van der Waals surface area contributed by atoms with Crippen LogP contribution in [0.3, 0.4) is 0 Å². The van der Waals surface area contributed by atoms with Crippen LogP contribution in [0.2, 0.25) is 5.02 Å². The van der Waals surface area contributed by atoms with Crippen LogP contribution in [0.15, 0.2) is 30.3 Å². The highest BCUT2D eigenvalue weighted by molar-refractivity contribution is 6.32. The summed E-state index contributed by atoms with van der Waals surface area (Å²) in [5.74, 6) is -1.85. The van der Waals surface area contributed by atoms with Crippen LogP contribution in [-0.2, 0) is 4.79 Å². The highest BCUT2D eigenvalue weighted by Crippen LogP contribution is 2.36. The molecule has 1 aliphatic heterocycles. The Balaban J connectivity index is 1.90. The topological polar surface area (TPSA) is 128 Å². The van der Waals surface area contributed by atoms with Gasteiger partial charge in [-0.25, -0.2) is 0 Å². The maximum atomic E-state index is 12.8. The second-order valence-electron chi connectivity index (χ2n) is 6.29. The van der Waals surface area contributed by atoms with E-state index in [0.29, 0.717) is 10.6 Å². The molecule has 3 amide bonds. The fourth-order valence-corrected chi connectivity index (χ4v) is 3.34. The summed E-state index contributed by atoms with van der Waals surface area (Å²) in [4.78, 5) is 49.4. The molecule has 11 heteroatoms. The number of nitrogens with one attached hydrogen (secondary N) is 1. The molecule has 1 N–H and O–H groups in total. The average Bonchev–Trinajstić information content (AvgIpc) is 2.98. The van der Waals surface area contributed by atoms with Crippen molar-refractivity contribution < 1.29 is 28.8 Å². The number of nitrogens with zero attached hydrogens (tertiary/aromatic N) is 2. The van der Waals surface area contributed by atoms with Gasteiger partial charge in [0.25, 0.3) is 17.5 Å². The summed E-state index contributed by atoms with van der Waals surface area (Å²) < 4.78 is 10.3. The first-order valence-electron chi connectivity index (χ1n) is 8.59. The Morgan fingerprint density at radius 2 is 1.83 bits per heavy atom. The van der Waals surface area contributed by atoms with Crippen LogP contribution in [0.25, 0.3) is 0 Å². The number of amides is 3. The van der Waals surface area contributed by atoms with E-state index in [-0.39, 0.29) is 27.6 Å². The molecule has 1 atom stereocenters. The summed E-state index contributed by atoms with van der Waals surface area (Å²) in [5.41, 5.74) is -0.761. The van der Waals surface area contributed by atoms with Crippen molar-refractivity contribution in [3.05, 3.63) is 56.6 Å². The van der Waals surface area contributed by atoms with Gasteiger partial charge in [-0.1, -0.05) is 17.7 Å². The quantitative estimate of drug-likeness (QED) is 0.421. The summed E-state index contributed by atoms with van der Waals surface area (Å²) in [6.07, 6.45) is 0. The van der Waals surface area contributed by atoms with Gasteiger partial charge in [0, 0.05) is 12.1 Å². The number of fused-ring (bicyclic) bond motifs is 1. The monoisotopic (exact) mass is 433 g/mol. The standard InChI is InChI=1S/C19H16ClN3O7/c1-9(17(24)21-12-7-11(20)14(29-2)8-15(12)30-3)22-18(25)10-5-4-6-13(23(27)28)16(10)19(22)26/h4-9H,1-3H3,(H,21,24). The number of ether oxygens (including phenoxy) is 2. The van der Waals surface area contributed by atoms with E-state index in [1.54, 1.807) is 0 Å². The molecule has 0 bridgehead atoms. The second-order valence-corrected chi connectivity index (χ2v) is 6.70. The second kappa shape index (κ2) is 7.99. The molecule has 30 heavy (non-hydrogen) atoms. The van der Waals surface area contributed by atoms with Gasteiger partial charge in [0.15, 0.2) is 0 Å². The lowest BCUT2D eigenvalue weighted by Gasteiger charge is -2.22. The van der Waals surface area contributed by atoms with Crippen LogP contribution in [0.1, 0.15) is 27.6 Å². The van der Waals surface area contributed by atoms with Gasteiger partial charge in [0.1, 0.15) is 23.1 Å². The summed E-state index contributed by atoms with van der Waals surface area (Å²) in [6, 6.07) is 5.34. The molecule has 2 aromatic rings. The highest BCUT2D eigenvalue weighted by Gasteiger charge is 2.44. The first-order valence-corrected chi connectivity index (χ1v) is 8.96. The first-order chi connectivity index (χ1) is 14.2. The third-order valence-electron chi connectivity index (χ3n) is 4.62. The lowest BCUT2D eigenvalue weighted by molar-refractivity contribution is -0.385. The van der Waals surface area contributed by atoms with Gasteiger partial charge in [-0.15, -0.1) is 0 Å². The van der Waals surface area contributed by atoms with E-state index in [1.807, 2.05) is 0 Å². The normalized spacial score (nSPS) is 13.7. The molecule has 1 heterocycles. The number of benzene rings is 2. The lowest BCUT2D eigenvalue weighted by atomic mass is 10.1. The first kappa shape index (κ1) is 21.1. The van der Waals surface area contributed by atoms with Crippen LogP contribution in [0.4, 0.5) is 11.4 Å². The maximum Gasteiger partial charge on any atom is 0.282 e. The van der Waals surface area contributed by atoms with Crippen molar-refractivity contribution in [2.75, 3.05) is 19.5 Å². The Morgan fingerprint density at radius 1 is 1.17 bits per heavy atom. The summed E-state index contributed by atoms with van der Waals surface area (Å²) in [5, 5.41) is 14.0.